The van der Waals surface area contributed by atoms with E-state index in [0.29, 0.717) is 0 Å². The van der Waals surface area contributed by atoms with Gasteiger partial charge in [0, 0.05) is 11.0 Å². The van der Waals surface area contributed by atoms with E-state index in [2.05, 4.69) is 28.5 Å². The van der Waals surface area contributed by atoms with Crippen LogP contribution in [0.1, 0.15) is 46.0 Å². The van der Waals surface area contributed by atoms with Crippen LogP contribution in [0.4, 0.5) is 0 Å². The van der Waals surface area contributed by atoms with E-state index in [0.717, 1.165) is 11.5 Å². The molecule has 0 aromatic rings. The third kappa shape index (κ3) is 8.69. The van der Waals surface area contributed by atoms with Crippen molar-refractivity contribution in [1.29, 1.82) is 0 Å². The lowest BCUT2D eigenvalue weighted by atomic mass is 10.1. The molecule has 0 N–H and O–H groups in total. The Kier molecular flexibility index (Phi) is 10.7. The first kappa shape index (κ1) is 13.4. The van der Waals surface area contributed by atoms with Crippen molar-refractivity contribution in [3.63, 3.8) is 0 Å². The van der Waals surface area contributed by atoms with Crippen LogP contribution in [0, 0.1) is 0 Å². The molecule has 0 amide bonds. The molecule has 1 heterocycles. The van der Waals surface area contributed by atoms with Gasteiger partial charge in [-0.1, -0.05) is 47.8 Å². The highest BCUT2D eigenvalue weighted by Gasteiger charge is 2.14. The van der Waals surface area contributed by atoms with E-state index in [-0.39, 0.29) is 0 Å². The minimum Gasteiger partial charge on any atom is -0.304 e. The Morgan fingerprint density at radius 3 is 2.62 bits per heavy atom. The van der Waals surface area contributed by atoms with Crippen LogP contribution in [0.25, 0.3) is 0 Å². The zero-order chi connectivity index (χ0) is 9.94. The van der Waals surface area contributed by atoms with Crippen LogP contribution in [0.3, 0.4) is 0 Å². The largest absolute Gasteiger partial charge is 0.304 e. The maximum absolute atomic E-state index is 8.81. The van der Waals surface area contributed by atoms with Crippen molar-refractivity contribution in [2.24, 2.45) is 0 Å². The summed E-state index contributed by atoms with van der Waals surface area (Å²) in [6.07, 6.45) is 7.92. The van der Waals surface area contributed by atoms with Gasteiger partial charge in [0.1, 0.15) is 6.29 Å². The number of carbonyl (C=O) groups is 1. The zero-order valence-electron chi connectivity index (χ0n) is 8.62. The van der Waals surface area contributed by atoms with E-state index in [4.69, 9.17) is 4.79 Å². The minimum absolute atomic E-state index is 0.750. The molecule has 0 bridgehead atoms. The fraction of sp³-hybridized carbons (Fsp3) is 0.900. The molecule has 0 radical (unpaired) electrons. The standard InChI is InChI=1S/C8H16S2.C2H4O/c1-2-3-4-5-8-6-7-9-10-8;1-2-3/h8H,2-7H2,1H3;2H,1H3. The fourth-order valence-electron chi connectivity index (χ4n) is 1.19. The lowest BCUT2D eigenvalue weighted by Crippen LogP contribution is -1.96. The lowest BCUT2D eigenvalue weighted by molar-refractivity contribution is -0.106. The van der Waals surface area contributed by atoms with Gasteiger partial charge < -0.3 is 4.79 Å². The van der Waals surface area contributed by atoms with Crippen molar-refractivity contribution in [2.45, 2.75) is 51.2 Å². The van der Waals surface area contributed by atoms with Gasteiger partial charge in [-0.2, -0.15) is 0 Å². The normalized spacial score (nSPS) is 20.6. The molecule has 0 aromatic heterocycles. The SMILES string of the molecule is CC=O.CCCCCC1CCSS1. The van der Waals surface area contributed by atoms with E-state index < -0.39 is 0 Å². The first-order valence-electron chi connectivity index (χ1n) is 5.03. The van der Waals surface area contributed by atoms with Crippen LogP contribution < -0.4 is 0 Å². The number of unbranched alkanes of at least 4 members (excludes halogenated alkanes) is 2. The quantitative estimate of drug-likeness (QED) is 0.406. The van der Waals surface area contributed by atoms with E-state index in [1.807, 2.05) is 0 Å². The Labute approximate surface area is 89.8 Å². The summed E-state index contributed by atoms with van der Waals surface area (Å²) in [7, 11) is 4.17. The van der Waals surface area contributed by atoms with Crippen LogP contribution in [0.15, 0.2) is 0 Å². The van der Waals surface area contributed by atoms with Gasteiger partial charge in [0.15, 0.2) is 0 Å². The van der Waals surface area contributed by atoms with Gasteiger partial charge in [-0.3, -0.25) is 0 Å². The van der Waals surface area contributed by atoms with Gasteiger partial charge in [0.05, 0.1) is 0 Å². The van der Waals surface area contributed by atoms with Crippen molar-refractivity contribution in [1.82, 2.24) is 0 Å². The van der Waals surface area contributed by atoms with E-state index in [1.165, 1.54) is 44.8 Å². The second kappa shape index (κ2) is 10.5. The molecule has 1 fully saturated rings. The Morgan fingerprint density at radius 2 is 2.15 bits per heavy atom. The van der Waals surface area contributed by atoms with E-state index in [1.54, 1.807) is 0 Å². The minimum atomic E-state index is 0.750. The molecule has 3 heteroatoms. The molecule has 13 heavy (non-hydrogen) atoms. The van der Waals surface area contributed by atoms with Crippen molar-refractivity contribution in [2.75, 3.05) is 5.75 Å². The molecule has 1 saturated heterocycles. The fourth-order valence-corrected chi connectivity index (χ4v) is 4.21. The van der Waals surface area contributed by atoms with Crippen molar-refractivity contribution >= 4 is 27.9 Å². The number of aldehydes is 1. The molecule has 0 saturated carbocycles. The second-order valence-corrected chi connectivity index (χ2v) is 5.85. The summed E-state index contributed by atoms with van der Waals surface area (Å²) in [5, 5.41) is 0.997. The monoisotopic (exact) mass is 220 g/mol. The Hall–Kier alpha value is 0.370. The first-order valence-corrected chi connectivity index (χ1v) is 7.41. The van der Waals surface area contributed by atoms with Crippen molar-refractivity contribution in [3.05, 3.63) is 0 Å². The average molecular weight is 220 g/mol. The third-order valence-corrected chi connectivity index (χ3v) is 4.86. The molecule has 0 aliphatic carbocycles. The number of hydrogen-bond donors (Lipinski definition) is 0. The molecular formula is C10H20OS2. The number of carbonyl (C=O) groups excluding carboxylic acids is 1. The van der Waals surface area contributed by atoms with Crippen LogP contribution >= 0.6 is 21.6 Å². The molecule has 1 aliphatic heterocycles. The second-order valence-electron chi connectivity index (χ2n) is 3.06. The molecule has 1 aliphatic rings. The molecule has 78 valence electrons. The Bertz CT molecular complexity index is 111. The van der Waals surface area contributed by atoms with Gasteiger partial charge in [-0.15, -0.1) is 0 Å². The maximum atomic E-state index is 8.81. The Balaban J connectivity index is 0.000000424. The topological polar surface area (TPSA) is 17.1 Å². The van der Waals surface area contributed by atoms with Crippen LogP contribution in [-0.2, 0) is 4.79 Å². The van der Waals surface area contributed by atoms with Gasteiger partial charge in [0.2, 0.25) is 0 Å². The summed E-state index contributed by atoms with van der Waals surface area (Å²) >= 11 is 0. The zero-order valence-corrected chi connectivity index (χ0v) is 10.3. The summed E-state index contributed by atoms with van der Waals surface area (Å²) in [4.78, 5) is 8.81. The van der Waals surface area contributed by atoms with Crippen LogP contribution in [0.2, 0.25) is 0 Å². The van der Waals surface area contributed by atoms with Gasteiger partial charge in [0.25, 0.3) is 0 Å². The summed E-state index contributed by atoms with van der Waals surface area (Å²) in [5.74, 6) is 1.39. The third-order valence-electron chi connectivity index (χ3n) is 1.86. The first-order chi connectivity index (χ1) is 6.35. The lowest BCUT2D eigenvalue weighted by Gasteiger charge is -2.04. The summed E-state index contributed by atoms with van der Waals surface area (Å²) in [5.41, 5.74) is 0. The van der Waals surface area contributed by atoms with Gasteiger partial charge >= 0.3 is 0 Å². The number of hydrogen-bond acceptors (Lipinski definition) is 3. The molecule has 1 unspecified atom stereocenters. The molecule has 1 atom stereocenters. The summed E-state index contributed by atoms with van der Waals surface area (Å²) in [6.45, 7) is 3.72. The predicted molar refractivity (Wildman–Crippen MR) is 64.3 cm³/mol. The molecule has 1 nitrogen and oxygen atoms in total. The summed E-state index contributed by atoms with van der Waals surface area (Å²) < 4.78 is 0. The average Bonchev–Trinajstić information content (AvgIpc) is 2.59. The smallest absolute Gasteiger partial charge is 0.116 e. The highest BCUT2D eigenvalue weighted by atomic mass is 33.1. The number of rotatable bonds is 4. The van der Waals surface area contributed by atoms with Crippen molar-refractivity contribution < 1.29 is 4.79 Å². The summed E-state index contributed by atoms with van der Waals surface area (Å²) in [6, 6.07) is 0. The highest BCUT2D eigenvalue weighted by Crippen LogP contribution is 2.39. The molecule has 0 spiro atoms. The molecule has 0 aromatic carbocycles. The molecular weight excluding hydrogens is 200 g/mol. The van der Waals surface area contributed by atoms with Crippen molar-refractivity contribution in [3.8, 4) is 0 Å². The maximum Gasteiger partial charge on any atom is 0.116 e. The predicted octanol–water partition coefficient (Wildman–Crippen LogP) is 3.93. The van der Waals surface area contributed by atoms with E-state index >= 15 is 0 Å². The van der Waals surface area contributed by atoms with Gasteiger partial charge in [-0.05, 0) is 19.8 Å². The highest BCUT2D eigenvalue weighted by molar-refractivity contribution is 8.77. The Morgan fingerprint density at radius 1 is 1.46 bits per heavy atom. The van der Waals surface area contributed by atoms with Crippen LogP contribution in [-0.4, -0.2) is 17.3 Å². The van der Waals surface area contributed by atoms with Gasteiger partial charge in [-0.25, -0.2) is 0 Å². The van der Waals surface area contributed by atoms with E-state index in [9.17, 15) is 0 Å². The molecule has 1 rings (SSSR count). The van der Waals surface area contributed by atoms with Crippen LogP contribution in [0.5, 0.6) is 0 Å².